The zero-order chi connectivity index (χ0) is 14.5. The third-order valence-corrected chi connectivity index (χ3v) is 4.47. The summed E-state index contributed by atoms with van der Waals surface area (Å²) in [5.41, 5.74) is 0.913. The standard InChI is InChI=1S/C12H17N5OS2/c1-4-9-15-16-12(17(9)5-2)20-7-10(18)14-11-13-8(3)6-19-11/h6H,4-5,7H2,1-3H3,(H,13,14,18). The molecule has 108 valence electrons. The van der Waals surface area contributed by atoms with Crippen LogP contribution in [-0.2, 0) is 17.8 Å². The summed E-state index contributed by atoms with van der Waals surface area (Å²) in [6.07, 6.45) is 0.839. The van der Waals surface area contributed by atoms with E-state index >= 15 is 0 Å². The van der Waals surface area contributed by atoms with Crippen LogP contribution in [0.4, 0.5) is 5.13 Å². The molecule has 2 heterocycles. The van der Waals surface area contributed by atoms with Gasteiger partial charge in [0.05, 0.1) is 11.4 Å². The molecule has 0 atom stereocenters. The molecule has 0 saturated carbocycles. The van der Waals surface area contributed by atoms with Crippen LogP contribution in [-0.4, -0.2) is 31.4 Å². The predicted octanol–water partition coefficient (Wildman–Crippen LogP) is 2.36. The summed E-state index contributed by atoms with van der Waals surface area (Å²) in [5.74, 6) is 1.18. The summed E-state index contributed by atoms with van der Waals surface area (Å²) in [6.45, 7) is 6.80. The lowest BCUT2D eigenvalue weighted by Crippen LogP contribution is -2.14. The van der Waals surface area contributed by atoms with Gasteiger partial charge in [-0.05, 0) is 13.8 Å². The van der Waals surface area contributed by atoms with Crippen LogP contribution in [0.15, 0.2) is 10.5 Å². The normalized spacial score (nSPS) is 10.8. The van der Waals surface area contributed by atoms with Gasteiger partial charge in [-0.25, -0.2) is 4.98 Å². The molecule has 1 amide bonds. The van der Waals surface area contributed by atoms with E-state index in [9.17, 15) is 4.79 Å². The van der Waals surface area contributed by atoms with Crippen molar-refractivity contribution in [2.45, 2.75) is 38.9 Å². The Morgan fingerprint density at radius 3 is 2.85 bits per heavy atom. The molecule has 1 N–H and O–H groups in total. The molecular formula is C12H17N5OS2. The number of nitrogens with one attached hydrogen (secondary N) is 1. The quantitative estimate of drug-likeness (QED) is 0.829. The van der Waals surface area contributed by atoms with Crippen LogP contribution in [0.5, 0.6) is 0 Å². The van der Waals surface area contributed by atoms with Crippen LogP contribution in [0.3, 0.4) is 0 Å². The maximum Gasteiger partial charge on any atom is 0.236 e. The van der Waals surface area contributed by atoms with E-state index in [0.717, 1.165) is 29.6 Å². The van der Waals surface area contributed by atoms with E-state index in [1.807, 2.05) is 30.7 Å². The Balaban J connectivity index is 1.91. The first-order valence-corrected chi connectivity index (χ1v) is 8.27. The number of aryl methyl sites for hydroxylation is 2. The fourth-order valence-electron chi connectivity index (χ4n) is 1.70. The zero-order valence-electron chi connectivity index (χ0n) is 11.7. The SMILES string of the molecule is CCc1nnc(SCC(=O)Nc2nc(C)cs2)n1CC. The molecule has 0 spiro atoms. The molecule has 0 unspecified atom stereocenters. The van der Waals surface area contributed by atoms with Gasteiger partial charge in [-0.2, -0.15) is 0 Å². The van der Waals surface area contributed by atoms with Gasteiger partial charge in [0.15, 0.2) is 10.3 Å². The number of carbonyl (C=O) groups excluding carboxylic acids is 1. The number of anilines is 1. The molecule has 2 rings (SSSR count). The maximum atomic E-state index is 11.8. The van der Waals surface area contributed by atoms with Gasteiger partial charge in [-0.3, -0.25) is 4.79 Å². The first-order valence-electron chi connectivity index (χ1n) is 6.40. The molecule has 0 bridgehead atoms. The third kappa shape index (κ3) is 3.57. The van der Waals surface area contributed by atoms with Crippen LogP contribution in [0.1, 0.15) is 25.4 Å². The Kier molecular flexibility index (Phi) is 5.13. The summed E-state index contributed by atoms with van der Waals surface area (Å²) in [6, 6.07) is 0. The molecule has 0 saturated heterocycles. The van der Waals surface area contributed by atoms with Crippen molar-refractivity contribution in [3.63, 3.8) is 0 Å². The molecule has 0 aromatic carbocycles. The minimum absolute atomic E-state index is 0.0759. The number of thioether (sulfide) groups is 1. The lowest BCUT2D eigenvalue weighted by atomic mass is 10.4. The van der Waals surface area contributed by atoms with Crippen LogP contribution in [0.2, 0.25) is 0 Å². The van der Waals surface area contributed by atoms with Crippen LogP contribution < -0.4 is 5.32 Å². The Morgan fingerprint density at radius 1 is 1.45 bits per heavy atom. The van der Waals surface area contributed by atoms with E-state index in [2.05, 4.69) is 20.5 Å². The lowest BCUT2D eigenvalue weighted by Gasteiger charge is -2.05. The van der Waals surface area contributed by atoms with Gasteiger partial charge in [-0.15, -0.1) is 21.5 Å². The largest absolute Gasteiger partial charge is 0.306 e. The molecule has 0 aliphatic carbocycles. The average Bonchev–Trinajstić information content (AvgIpc) is 3.01. The second-order valence-corrected chi connectivity index (χ2v) is 5.93. The molecule has 2 aromatic rings. The number of carbonyl (C=O) groups is 1. The van der Waals surface area contributed by atoms with Crippen LogP contribution >= 0.6 is 23.1 Å². The van der Waals surface area contributed by atoms with Crippen molar-refractivity contribution in [1.29, 1.82) is 0 Å². The van der Waals surface area contributed by atoms with Crippen molar-refractivity contribution in [1.82, 2.24) is 19.7 Å². The average molecular weight is 311 g/mol. The molecule has 0 aliphatic heterocycles. The van der Waals surface area contributed by atoms with Crippen molar-refractivity contribution < 1.29 is 4.79 Å². The Labute approximate surface area is 126 Å². The number of amides is 1. The highest BCUT2D eigenvalue weighted by Crippen LogP contribution is 2.19. The van der Waals surface area contributed by atoms with E-state index in [0.29, 0.717) is 10.9 Å². The fourth-order valence-corrected chi connectivity index (χ4v) is 3.23. The van der Waals surface area contributed by atoms with Gasteiger partial charge in [-0.1, -0.05) is 18.7 Å². The summed E-state index contributed by atoms with van der Waals surface area (Å²) < 4.78 is 2.03. The Hall–Kier alpha value is -1.41. The molecule has 0 aliphatic rings. The molecule has 0 fully saturated rings. The van der Waals surface area contributed by atoms with Gasteiger partial charge in [0.25, 0.3) is 0 Å². The second-order valence-electron chi connectivity index (χ2n) is 4.13. The van der Waals surface area contributed by atoms with Crippen molar-refractivity contribution in [2.24, 2.45) is 0 Å². The van der Waals surface area contributed by atoms with Crippen molar-refractivity contribution in [3.05, 3.63) is 16.9 Å². The van der Waals surface area contributed by atoms with Crippen molar-refractivity contribution in [2.75, 3.05) is 11.1 Å². The van der Waals surface area contributed by atoms with Gasteiger partial charge >= 0.3 is 0 Å². The summed E-state index contributed by atoms with van der Waals surface area (Å²) in [5, 5.41) is 14.4. The minimum Gasteiger partial charge on any atom is -0.306 e. The Morgan fingerprint density at radius 2 is 2.25 bits per heavy atom. The Bertz CT molecular complexity index is 592. The predicted molar refractivity (Wildman–Crippen MR) is 81.3 cm³/mol. The van der Waals surface area contributed by atoms with E-state index in [4.69, 9.17) is 0 Å². The summed E-state index contributed by atoms with van der Waals surface area (Å²) in [4.78, 5) is 16.0. The van der Waals surface area contributed by atoms with E-state index in [1.165, 1.54) is 23.1 Å². The summed E-state index contributed by atoms with van der Waals surface area (Å²) in [7, 11) is 0. The summed E-state index contributed by atoms with van der Waals surface area (Å²) >= 11 is 2.83. The van der Waals surface area contributed by atoms with E-state index < -0.39 is 0 Å². The van der Waals surface area contributed by atoms with Crippen molar-refractivity contribution in [3.8, 4) is 0 Å². The first-order chi connectivity index (χ1) is 9.63. The molecule has 6 nitrogen and oxygen atoms in total. The van der Waals surface area contributed by atoms with E-state index in [-0.39, 0.29) is 5.91 Å². The number of rotatable bonds is 6. The molecule has 0 radical (unpaired) electrons. The van der Waals surface area contributed by atoms with Crippen LogP contribution in [0.25, 0.3) is 0 Å². The number of nitrogens with zero attached hydrogens (tertiary/aromatic N) is 4. The molecule has 20 heavy (non-hydrogen) atoms. The second kappa shape index (κ2) is 6.85. The van der Waals surface area contributed by atoms with Crippen molar-refractivity contribution >= 4 is 34.1 Å². The molecular weight excluding hydrogens is 294 g/mol. The lowest BCUT2D eigenvalue weighted by molar-refractivity contribution is -0.113. The highest BCUT2D eigenvalue weighted by molar-refractivity contribution is 7.99. The van der Waals surface area contributed by atoms with E-state index in [1.54, 1.807) is 0 Å². The first kappa shape index (κ1) is 15.0. The molecule has 2 aromatic heterocycles. The van der Waals surface area contributed by atoms with Gasteiger partial charge in [0.1, 0.15) is 5.82 Å². The third-order valence-electron chi connectivity index (χ3n) is 2.62. The topological polar surface area (TPSA) is 72.7 Å². The number of hydrogen-bond donors (Lipinski definition) is 1. The zero-order valence-corrected chi connectivity index (χ0v) is 13.3. The fraction of sp³-hybridized carbons (Fsp3) is 0.500. The van der Waals surface area contributed by atoms with Gasteiger partial charge in [0, 0.05) is 18.3 Å². The molecule has 8 heteroatoms. The number of aromatic nitrogens is 4. The smallest absolute Gasteiger partial charge is 0.236 e. The van der Waals surface area contributed by atoms with Gasteiger partial charge < -0.3 is 9.88 Å². The maximum absolute atomic E-state index is 11.8. The number of thiazole rings is 1. The number of hydrogen-bond acceptors (Lipinski definition) is 6. The monoisotopic (exact) mass is 311 g/mol. The van der Waals surface area contributed by atoms with Gasteiger partial charge in [0.2, 0.25) is 5.91 Å². The highest BCUT2D eigenvalue weighted by atomic mass is 32.2. The van der Waals surface area contributed by atoms with Crippen LogP contribution in [0, 0.1) is 6.92 Å². The highest BCUT2D eigenvalue weighted by Gasteiger charge is 2.12. The minimum atomic E-state index is -0.0759.